The van der Waals surface area contributed by atoms with Gasteiger partial charge in [-0.15, -0.1) is 0 Å². The van der Waals surface area contributed by atoms with Gasteiger partial charge in [0, 0.05) is 18.2 Å². The molecule has 0 bridgehead atoms. The number of hydrogen-bond acceptors (Lipinski definition) is 5. The molecule has 2 aliphatic heterocycles. The van der Waals surface area contributed by atoms with Crippen molar-refractivity contribution in [3.8, 4) is 5.75 Å². The number of aromatic nitrogens is 1. The van der Waals surface area contributed by atoms with Crippen LogP contribution < -0.4 is 9.64 Å². The van der Waals surface area contributed by atoms with Gasteiger partial charge in [-0.25, -0.2) is 4.98 Å². The molecular formula is C25H18Cl2N2O4. The molecular weight excluding hydrogens is 463 g/mol. The average Bonchev–Trinajstić information content (AvgIpc) is 3.31. The van der Waals surface area contributed by atoms with Gasteiger partial charge in [-0.3, -0.25) is 14.5 Å². The maximum Gasteiger partial charge on any atom is 0.301 e. The maximum absolute atomic E-state index is 13.2. The molecule has 3 heterocycles. The third kappa shape index (κ3) is 3.65. The van der Waals surface area contributed by atoms with Crippen LogP contribution in [0.25, 0.3) is 5.76 Å². The molecule has 1 aromatic heterocycles. The highest BCUT2D eigenvalue weighted by molar-refractivity contribution is 6.51. The summed E-state index contributed by atoms with van der Waals surface area (Å²) in [5, 5.41) is 11.9. The lowest BCUT2D eigenvalue weighted by Crippen LogP contribution is -2.30. The molecule has 1 amide bonds. The van der Waals surface area contributed by atoms with Gasteiger partial charge in [-0.2, -0.15) is 0 Å². The van der Waals surface area contributed by atoms with E-state index < -0.39 is 17.7 Å². The molecule has 1 saturated heterocycles. The number of nitrogens with zero attached hydrogens (tertiary/aromatic N) is 2. The van der Waals surface area contributed by atoms with Crippen molar-refractivity contribution in [3.63, 3.8) is 0 Å². The van der Waals surface area contributed by atoms with Gasteiger partial charge in [0.1, 0.15) is 23.4 Å². The van der Waals surface area contributed by atoms with Crippen molar-refractivity contribution < 1.29 is 19.4 Å². The minimum atomic E-state index is -0.932. The molecule has 1 N–H and O–H groups in total. The number of pyridine rings is 1. The van der Waals surface area contributed by atoms with E-state index in [9.17, 15) is 14.7 Å². The Bertz CT molecular complexity index is 1320. The fraction of sp³-hybridized carbons (Fsp3) is 0.160. The molecule has 2 atom stereocenters. The summed E-state index contributed by atoms with van der Waals surface area (Å²) in [5.74, 6) is -0.839. The number of carbonyl (C=O) groups is 2. The molecule has 6 nitrogen and oxygen atoms in total. The first-order valence-corrected chi connectivity index (χ1v) is 11.1. The van der Waals surface area contributed by atoms with Crippen LogP contribution in [0.15, 0.2) is 66.4 Å². The van der Waals surface area contributed by atoms with Crippen LogP contribution in [0.4, 0.5) is 5.82 Å². The summed E-state index contributed by atoms with van der Waals surface area (Å²) in [6.45, 7) is 1.96. The Kier molecular flexibility index (Phi) is 5.35. The van der Waals surface area contributed by atoms with Crippen molar-refractivity contribution in [3.05, 3.63) is 93.1 Å². The highest BCUT2D eigenvalue weighted by Crippen LogP contribution is 2.43. The lowest BCUT2D eigenvalue weighted by Gasteiger charge is -2.24. The molecule has 0 radical (unpaired) electrons. The first kappa shape index (κ1) is 21.5. The fourth-order valence-corrected chi connectivity index (χ4v) is 4.59. The minimum absolute atomic E-state index is 0.0309. The summed E-state index contributed by atoms with van der Waals surface area (Å²) >= 11 is 12.3. The lowest BCUT2D eigenvalue weighted by atomic mass is 9.94. The van der Waals surface area contributed by atoms with Crippen LogP contribution in [0.1, 0.15) is 29.7 Å². The van der Waals surface area contributed by atoms with E-state index in [1.54, 1.807) is 54.6 Å². The van der Waals surface area contributed by atoms with Gasteiger partial charge in [0.15, 0.2) is 0 Å². The largest absolute Gasteiger partial charge is 0.507 e. The Morgan fingerprint density at radius 2 is 1.91 bits per heavy atom. The van der Waals surface area contributed by atoms with Crippen LogP contribution >= 0.6 is 23.2 Å². The Balaban J connectivity index is 1.70. The summed E-state index contributed by atoms with van der Waals surface area (Å²) in [6, 6.07) is 14.2. The van der Waals surface area contributed by atoms with Crippen LogP contribution in [0, 0.1) is 0 Å². The van der Waals surface area contributed by atoms with Gasteiger partial charge >= 0.3 is 5.91 Å². The molecule has 5 rings (SSSR count). The predicted molar refractivity (Wildman–Crippen MR) is 126 cm³/mol. The van der Waals surface area contributed by atoms with Gasteiger partial charge in [-0.1, -0.05) is 35.3 Å². The van der Waals surface area contributed by atoms with E-state index in [-0.39, 0.29) is 28.3 Å². The van der Waals surface area contributed by atoms with Crippen molar-refractivity contribution in [1.82, 2.24) is 4.98 Å². The zero-order chi connectivity index (χ0) is 23.3. The maximum atomic E-state index is 13.2. The van der Waals surface area contributed by atoms with Crippen LogP contribution in [0.5, 0.6) is 5.75 Å². The summed E-state index contributed by atoms with van der Waals surface area (Å²) in [5.41, 5.74) is 1.83. The SMILES string of the molecule is CC1Cc2cc(C(O)=C3C(=O)C(=O)N(c4ccccn4)C3c3ccc(Cl)c(Cl)c3)ccc2O1. The second kappa shape index (κ2) is 8.21. The fourth-order valence-electron chi connectivity index (χ4n) is 4.29. The quantitative estimate of drug-likeness (QED) is 0.311. The molecule has 2 unspecified atom stereocenters. The molecule has 1 fully saturated rings. The van der Waals surface area contributed by atoms with Crippen molar-refractivity contribution in [2.24, 2.45) is 0 Å². The number of benzene rings is 2. The van der Waals surface area contributed by atoms with Crippen molar-refractivity contribution in [2.75, 3.05) is 4.90 Å². The summed E-state index contributed by atoms with van der Waals surface area (Å²) in [6.07, 6.45) is 2.25. The van der Waals surface area contributed by atoms with Crippen molar-refractivity contribution in [2.45, 2.75) is 25.5 Å². The monoisotopic (exact) mass is 480 g/mol. The number of ether oxygens (including phenoxy) is 1. The van der Waals surface area contributed by atoms with Gasteiger partial charge in [-0.05, 0) is 60.5 Å². The van der Waals surface area contributed by atoms with Crippen LogP contribution in [-0.2, 0) is 16.0 Å². The Labute approximate surface area is 200 Å². The smallest absolute Gasteiger partial charge is 0.301 e. The topological polar surface area (TPSA) is 79.7 Å². The molecule has 3 aromatic rings. The second-order valence-electron chi connectivity index (χ2n) is 7.99. The zero-order valence-electron chi connectivity index (χ0n) is 17.5. The number of fused-ring (bicyclic) bond motifs is 1. The van der Waals surface area contributed by atoms with E-state index >= 15 is 0 Å². The van der Waals surface area contributed by atoms with E-state index in [4.69, 9.17) is 27.9 Å². The predicted octanol–water partition coefficient (Wildman–Crippen LogP) is 5.34. The van der Waals surface area contributed by atoms with Gasteiger partial charge in [0.25, 0.3) is 5.78 Å². The number of Topliss-reactive ketones (excluding diaryl/α,β-unsaturated/α-hetero) is 1. The number of hydrogen-bond donors (Lipinski definition) is 1. The first-order chi connectivity index (χ1) is 15.8. The first-order valence-electron chi connectivity index (χ1n) is 10.3. The summed E-state index contributed by atoms with van der Waals surface area (Å²) < 4.78 is 5.73. The second-order valence-corrected chi connectivity index (χ2v) is 8.80. The van der Waals surface area contributed by atoms with Crippen LogP contribution in [0.3, 0.4) is 0 Å². The molecule has 33 heavy (non-hydrogen) atoms. The Hall–Kier alpha value is -3.35. The van der Waals surface area contributed by atoms with Gasteiger partial charge in [0.05, 0.1) is 21.7 Å². The number of carbonyl (C=O) groups excluding carboxylic acids is 2. The highest BCUT2D eigenvalue weighted by atomic mass is 35.5. The number of ketones is 1. The number of rotatable bonds is 3. The normalized spacial score (nSPS) is 21.2. The van der Waals surface area contributed by atoms with Crippen molar-refractivity contribution >= 4 is 46.5 Å². The average molecular weight is 481 g/mol. The minimum Gasteiger partial charge on any atom is -0.507 e. The zero-order valence-corrected chi connectivity index (χ0v) is 19.0. The Morgan fingerprint density at radius 3 is 2.64 bits per heavy atom. The lowest BCUT2D eigenvalue weighted by molar-refractivity contribution is -0.132. The van der Waals surface area contributed by atoms with E-state index in [2.05, 4.69) is 4.98 Å². The van der Waals surface area contributed by atoms with Gasteiger partial charge < -0.3 is 9.84 Å². The van der Waals surface area contributed by atoms with E-state index in [0.29, 0.717) is 22.6 Å². The third-order valence-corrected chi connectivity index (χ3v) is 6.51. The summed E-state index contributed by atoms with van der Waals surface area (Å²) in [7, 11) is 0. The van der Waals surface area contributed by atoms with Crippen molar-refractivity contribution in [1.29, 1.82) is 0 Å². The molecule has 0 aliphatic carbocycles. The van der Waals surface area contributed by atoms with E-state index in [1.165, 1.54) is 11.1 Å². The number of amides is 1. The van der Waals surface area contributed by atoms with Gasteiger partial charge in [0.2, 0.25) is 0 Å². The summed E-state index contributed by atoms with van der Waals surface area (Å²) in [4.78, 5) is 31.9. The van der Waals surface area contributed by atoms with Crippen LogP contribution in [-0.4, -0.2) is 27.9 Å². The van der Waals surface area contributed by atoms with E-state index in [1.807, 2.05) is 6.92 Å². The molecule has 8 heteroatoms. The highest BCUT2D eigenvalue weighted by Gasteiger charge is 2.47. The number of aliphatic hydroxyl groups is 1. The number of halogens is 2. The number of aliphatic hydroxyl groups excluding tert-OH is 1. The molecule has 2 aromatic carbocycles. The molecule has 2 aliphatic rings. The molecule has 166 valence electrons. The Morgan fingerprint density at radius 1 is 1.09 bits per heavy atom. The van der Waals surface area contributed by atoms with Crippen LogP contribution in [0.2, 0.25) is 10.0 Å². The standard InChI is InChI=1S/C25H18Cl2N2O4/c1-13-10-16-11-15(6-8-19(16)33-13)23(30)21-22(14-5-7-17(26)18(27)12-14)29(25(32)24(21)31)20-4-2-3-9-28-20/h2-9,11-13,22,30H,10H2,1H3. The molecule has 0 saturated carbocycles. The molecule has 0 spiro atoms. The number of anilines is 1. The van der Waals surface area contributed by atoms with E-state index in [0.717, 1.165) is 11.3 Å². The third-order valence-electron chi connectivity index (χ3n) is 5.77.